The van der Waals surface area contributed by atoms with E-state index in [1.807, 2.05) is 38.1 Å². The molecule has 0 spiro atoms. The molecule has 198 valence electrons. The smallest absolute Gasteiger partial charge is 0.408 e. The molecule has 3 unspecified atom stereocenters. The van der Waals surface area contributed by atoms with Crippen LogP contribution >= 0.6 is 0 Å². The molecule has 0 aromatic heterocycles. The van der Waals surface area contributed by atoms with Crippen LogP contribution in [0.4, 0.5) is 4.79 Å². The predicted octanol–water partition coefficient (Wildman–Crippen LogP) is 4.25. The van der Waals surface area contributed by atoms with Crippen LogP contribution in [0.25, 0.3) is 0 Å². The maximum atomic E-state index is 13.7. The molecule has 0 fully saturated rings. The summed E-state index contributed by atoms with van der Waals surface area (Å²) in [6, 6.07) is 5.33. The van der Waals surface area contributed by atoms with Gasteiger partial charge in [0.15, 0.2) is 0 Å². The average Bonchev–Trinajstić information content (AvgIpc) is 2.75. The number of aliphatic hydroxyl groups excluding tert-OH is 1. The highest BCUT2D eigenvalue weighted by atomic mass is 16.6. The van der Waals surface area contributed by atoms with Crippen LogP contribution in [-0.2, 0) is 14.3 Å². The van der Waals surface area contributed by atoms with Gasteiger partial charge in [-0.25, -0.2) is 4.79 Å². The third-order valence-corrected chi connectivity index (χ3v) is 5.49. The van der Waals surface area contributed by atoms with Gasteiger partial charge < -0.3 is 25.4 Å². The number of ether oxygens (including phenoxy) is 1. The first-order valence-electron chi connectivity index (χ1n) is 12.7. The fourth-order valence-corrected chi connectivity index (χ4v) is 3.87. The molecule has 0 aliphatic rings. The number of aryl methyl sites for hydroxylation is 1. The van der Waals surface area contributed by atoms with Gasteiger partial charge in [0, 0.05) is 12.6 Å². The first-order valence-corrected chi connectivity index (χ1v) is 12.7. The van der Waals surface area contributed by atoms with Gasteiger partial charge in [0.1, 0.15) is 17.7 Å². The van der Waals surface area contributed by atoms with Crippen LogP contribution < -0.4 is 10.6 Å². The molecule has 0 saturated carbocycles. The second kappa shape index (κ2) is 14.7. The van der Waals surface area contributed by atoms with E-state index in [0.717, 1.165) is 31.2 Å². The number of hydrogen-bond acceptors (Lipinski definition) is 5. The van der Waals surface area contributed by atoms with E-state index < -0.39 is 36.3 Å². The van der Waals surface area contributed by atoms with Gasteiger partial charge in [0.2, 0.25) is 11.8 Å². The van der Waals surface area contributed by atoms with Crippen LogP contribution in [0.15, 0.2) is 24.3 Å². The third kappa shape index (κ3) is 10.7. The standard InChI is InChI=1S/C27H45N3O5/c1-8-10-11-16-30(25(33)22(18-31)29-26(34)35-27(5,6)7)23(21-15-12-14-19(3)17-21)24(32)28-20(4)13-9-2/h12,14-15,17,20,22-23,31H,8-11,13,16,18H2,1-7H3,(H,28,32)(H,29,34). The summed E-state index contributed by atoms with van der Waals surface area (Å²) in [7, 11) is 0. The fraction of sp³-hybridized carbons (Fsp3) is 0.667. The molecule has 1 aromatic rings. The van der Waals surface area contributed by atoms with Gasteiger partial charge in [0.25, 0.3) is 0 Å². The van der Waals surface area contributed by atoms with E-state index in [9.17, 15) is 19.5 Å². The van der Waals surface area contributed by atoms with E-state index in [1.54, 1.807) is 20.8 Å². The highest BCUT2D eigenvalue weighted by Crippen LogP contribution is 2.25. The highest BCUT2D eigenvalue weighted by molar-refractivity contribution is 5.92. The maximum Gasteiger partial charge on any atom is 0.408 e. The van der Waals surface area contributed by atoms with E-state index in [0.29, 0.717) is 18.5 Å². The molecule has 0 saturated heterocycles. The molecule has 0 bridgehead atoms. The SMILES string of the molecule is CCCCCN(C(=O)C(CO)NC(=O)OC(C)(C)C)C(C(=O)NC(C)CCC)c1cccc(C)c1. The van der Waals surface area contributed by atoms with E-state index in [2.05, 4.69) is 24.5 Å². The van der Waals surface area contributed by atoms with Crippen molar-refractivity contribution >= 4 is 17.9 Å². The van der Waals surface area contributed by atoms with Crippen molar-refractivity contribution in [3.05, 3.63) is 35.4 Å². The minimum Gasteiger partial charge on any atom is -0.444 e. The molecule has 3 N–H and O–H groups in total. The van der Waals surface area contributed by atoms with Crippen molar-refractivity contribution < 1.29 is 24.2 Å². The predicted molar refractivity (Wildman–Crippen MR) is 138 cm³/mol. The van der Waals surface area contributed by atoms with Gasteiger partial charge in [-0.1, -0.05) is 62.9 Å². The van der Waals surface area contributed by atoms with Gasteiger partial charge in [0.05, 0.1) is 6.61 Å². The number of rotatable bonds is 13. The van der Waals surface area contributed by atoms with Crippen molar-refractivity contribution in [1.82, 2.24) is 15.5 Å². The normalized spacial score (nSPS) is 13.9. The zero-order chi connectivity index (χ0) is 26.6. The summed E-state index contributed by atoms with van der Waals surface area (Å²) in [6.07, 6.45) is 3.44. The van der Waals surface area contributed by atoms with Crippen LogP contribution in [0.1, 0.15) is 90.8 Å². The topological polar surface area (TPSA) is 108 Å². The Kier molecular flexibility index (Phi) is 12.8. The Morgan fingerprint density at radius 3 is 2.31 bits per heavy atom. The Bertz CT molecular complexity index is 821. The lowest BCUT2D eigenvalue weighted by Gasteiger charge is -2.35. The van der Waals surface area contributed by atoms with Crippen molar-refractivity contribution in [2.75, 3.05) is 13.2 Å². The number of carbonyl (C=O) groups is 3. The molecule has 0 aliphatic heterocycles. The zero-order valence-electron chi connectivity index (χ0n) is 22.5. The summed E-state index contributed by atoms with van der Waals surface area (Å²) in [4.78, 5) is 41.1. The summed E-state index contributed by atoms with van der Waals surface area (Å²) < 4.78 is 5.28. The van der Waals surface area contributed by atoms with Crippen molar-refractivity contribution in [3.8, 4) is 0 Å². The van der Waals surface area contributed by atoms with Crippen molar-refractivity contribution in [2.45, 2.75) is 104 Å². The molecule has 0 heterocycles. The lowest BCUT2D eigenvalue weighted by atomic mass is 9.99. The van der Waals surface area contributed by atoms with E-state index in [1.165, 1.54) is 4.90 Å². The Labute approximate surface area is 210 Å². The minimum atomic E-state index is -1.24. The number of hydrogen-bond donors (Lipinski definition) is 3. The molecular weight excluding hydrogens is 446 g/mol. The molecule has 8 nitrogen and oxygen atoms in total. The zero-order valence-corrected chi connectivity index (χ0v) is 22.5. The number of nitrogens with one attached hydrogen (secondary N) is 2. The second-order valence-corrected chi connectivity index (χ2v) is 10.1. The van der Waals surface area contributed by atoms with Crippen LogP contribution in [0.3, 0.4) is 0 Å². The Morgan fingerprint density at radius 1 is 1.09 bits per heavy atom. The fourth-order valence-electron chi connectivity index (χ4n) is 3.87. The van der Waals surface area contributed by atoms with E-state index in [4.69, 9.17) is 4.74 Å². The van der Waals surface area contributed by atoms with Crippen LogP contribution in [-0.4, -0.2) is 58.8 Å². The summed E-state index contributed by atoms with van der Waals surface area (Å²) in [5.41, 5.74) is 0.895. The Hall–Kier alpha value is -2.61. The number of carbonyl (C=O) groups excluding carboxylic acids is 3. The molecular formula is C27H45N3O5. The number of amides is 3. The van der Waals surface area contributed by atoms with E-state index in [-0.39, 0.29) is 11.9 Å². The van der Waals surface area contributed by atoms with Gasteiger partial charge in [-0.2, -0.15) is 0 Å². The summed E-state index contributed by atoms with van der Waals surface area (Å²) >= 11 is 0. The summed E-state index contributed by atoms with van der Waals surface area (Å²) in [6.45, 7) is 12.8. The van der Waals surface area contributed by atoms with Gasteiger partial charge in [-0.15, -0.1) is 0 Å². The molecule has 3 atom stereocenters. The third-order valence-electron chi connectivity index (χ3n) is 5.49. The highest BCUT2D eigenvalue weighted by Gasteiger charge is 2.36. The van der Waals surface area contributed by atoms with Crippen LogP contribution in [0.5, 0.6) is 0 Å². The lowest BCUT2D eigenvalue weighted by molar-refractivity contribution is -0.143. The number of benzene rings is 1. The molecule has 1 aromatic carbocycles. The van der Waals surface area contributed by atoms with Crippen LogP contribution in [0, 0.1) is 6.92 Å². The molecule has 3 amide bonds. The van der Waals surface area contributed by atoms with Crippen molar-refractivity contribution in [1.29, 1.82) is 0 Å². The quantitative estimate of drug-likeness (QED) is 0.358. The van der Waals surface area contributed by atoms with Crippen LogP contribution in [0.2, 0.25) is 0 Å². The average molecular weight is 492 g/mol. The Morgan fingerprint density at radius 2 is 1.77 bits per heavy atom. The van der Waals surface area contributed by atoms with E-state index >= 15 is 0 Å². The molecule has 0 aliphatic carbocycles. The Balaban J connectivity index is 3.38. The van der Waals surface area contributed by atoms with Crippen molar-refractivity contribution in [2.24, 2.45) is 0 Å². The number of alkyl carbamates (subject to hydrolysis) is 1. The number of unbranched alkanes of at least 4 members (excludes halogenated alkanes) is 2. The summed E-state index contributed by atoms with van der Waals surface area (Å²) in [5.74, 6) is -0.811. The molecule has 8 heteroatoms. The first-order chi connectivity index (χ1) is 16.4. The van der Waals surface area contributed by atoms with Crippen molar-refractivity contribution in [3.63, 3.8) is 0 Å². The van der Waals surface area contributed by atoms with Gasteiger partial charge in [-0.05, 0) is 53.0 Å². The molecule has 0 radical (unpaired) electrons. The molecule has 1 rings (SSSR count). The van der Waals surface area contributed by atoms with Gasteiger partial charge >= 0.3 is 6.09 Å². The minimum absolute atomic E-state index is 0.0547. The monoisotopic (exact) mass is 491 g/mol. The largest absolute Gasteiger partial charge is 0.444 e. The number of aliphatic hydroxyl groups is 1. The maximum absolute atomic E-state index is 13.7. The first kappa shape index (κ1) is 30.4. The second-order valence-electron chi connectivity index (χ2n) is 10.1. The molecule has 35 heavy (non-hydrogen) atoms. The lowest BCUT2D eigenvalue weighted by Crippen LogP contribution is -2.55. The summed E-state index contributed by atoms with van der Waals surface area (Å²) in [5, 5.41) is 15.5. The van der Waals surface area contributed by atoms with Gasteiger partial charge in [-0.3, -0.25) is 9.59 Å². The number of nitrogens with zero attached hydrogens (tertiary/aromatic N) is 1.